The van der Waals surface area contributed by atoms with Crippen LogP contribution in [0.4, 0.5) is 0 Å². The third-order valence-electron chi connectivity index (χ3n) is 13.8. The van der Waals surface area contributed by atoms with Crippen LogP contribution in [-0.2, 0) is 8.57 Å². The van der Waals surface area contributed by atoms with Gasteiger partial charge in [0, 0.05) is 12.8 Å². The Kier molecular flexibility index (Phi) is 10.1. The highest BCUT2D eigenvalue weighted by Gasteiger charge is 2.50. The first kappa shape index (κ1) is 37.8. The molecular formula is C56H50B2O2. The number of rotatable bonds is 8. The Morgan fingerprint density at radius 1 is 0.317 bits per heavy atom. The summed E-state index contributed by atoms with van der Waals surface area (Å²) >= 11 is 0. The predicted octanol–water partition coefficient (Wildman–Crippen LogP) is 10.4. The Balaban J connectivity index is 1.18. The quantitative estimate of drug-likeness (QED) is 0.107. The van der Waals surface area contributed by atoms with Gasteiger partial charge in [0.1, 0.15) is 13.2 Å². The zero-order valence-corrected chi connectivity index (χ0v) is 34.6. The zero-order chi connectivity index (χ0) is 40.5. The van der Waals surface area contributed by atoms with Crippen molar-refractivity contribution in [2.75, 3.05) is 27.4 Å². The van der Waals surface area contributed by atoms with Crippen molar-refractivity contribution in [1.82, 2.24) is 0 Å². The molecule has 0 unspecified atom stereocenters. The minimum Gasteiger partial charge on any atom is -0.662 e. The first-order valence-corrected chi connectivity index (χ1v) is 21.5. The molecule has 0 amide bonds. The molecule has 0 aliphatic carbocycles. The first-order valence-electron chi connectivity index (χ1n) is 21.5. The molecule has 0 saturated heterocycles. The maximum atomic E-state index is 3.72. The maximum absolute atomic E-state index is 3.72. The summed E-state index contributed by atoms with van der Waals surface area (Å²) in [4.78, 5) is 0. The lowest BCUT2D eigenvalue weighted by molar-refractivity contribution is 0.0582. The van der Waals surface area contributed by atoms with Crippen molar-refractivity contribution in [2.24, 2.45) is 0 Å². The van der Waals surface area contributed by atoms with Gasteiger partial charge in [-0.05, 0) is 34.0 Å². The fourth-order valence-electron chi connectivity index (χ4n) is 11.2. The number of benzene rings is 8. The minimum atomic E-state index is -1.55. The fourth-order valence-corrected chi connectivity index (χ4v) is 11.2. The van der Waals surface area contributed by atoms with Gasteiger partial charge in [-0.1, -0.05) is 229 Å². The van der Waals surface area contributed by atoms with E-state index in [2.05, 4.69) is 241 Å². The van der Waals surface area contributed by atoms with Crippen molar-refractivity contribution < 1.29 is 8.57 Å². The van der Waals surface area contributed by atoms with Crippen molar-refractivity contribution >= 4 is 67.4 Å². The van der Waals surface area contributed by atoms with Crippen LogP contribution < -0.4 is 21.9 Å². The van der Waals surface area contributed by atoms with Gasteiger partial charge in [-0.15, -0.1) is 32.8 Å². The maximum Gasteiger partial charge on any atom is 0.377 e. The molecule has 0 saturated carbocycles. The van der Waals surface area contributed by atoms with Gasteiger partial charge in [0.2, 0.25) is 0 Å². The Morgan fingerprint density at radius 2 is 0.600 bits per heavy atom. The first-order chi connectivity index (χ1) is 29.6. The van der Waals surface area contributed by atoms with Crippen LogP contribution >= 0.6 is 0 Å². The molecule has 2 nitrogen and oxygen atoms in total. The number of fused-ring (bicyclic) bond motifs is 1. The summed E-state index contributed by atoms with van der Waals surface area (Å²) in [7, 11) is 4.49. The van der Waals surface area contributed by atoms with E-state index in [9.17, 15) is 0 Å². The molecule has 0 bridgehead atoms. The molecular weight excluding hydrogens is 726 g/mol. The predicted molar refractivity (Wildman–Crippen MR) is 259 cm³/mol. The monoisotopic (exact) mass is 776 g/mol. The van der Waals surface area contributed by atoms with E-state index in [1.54, 1.807) is 0 Å². The molecule has 10 rings (SSSR count). The highest BCUT2D eigenvalue weighted by molar-refractivity contribution is 7.13. The molecule has 0 spiro atoms. The lowest BCUT2D eigenvalue weighted by Gasteiger charge is -2.52. The summed E-state index contributed by atoms with van der Waals surface area (Å²) in [5.74, 6) is 0. The number of hydrogen-bond donors (Lipinski definition) is 0. The third-order valence-corrected chi connectivity index (χ3v) is 13.8. The summed E-state index contributed by atoms with van der Waals surface area (Å²) in [6.45, 7) is 1.75. The van der Waals surface area contributed by atoms with Crippen LogP contribution in [0.15, 0.2) is 218 Å². The van der Waals surface area contributed by atoms with Gasteiger partial charge in [-0.2, -0.15) is 0 Å². The van der Waals surface area contributed by atoms with Gasteiger partial charge in [-0.3, -0.25) is 0 Å². The summed E-state index contributed by atoms with van der Waals surface area (Å²) in [5.41, 5.74) is 15.9. The van der Waals surface area contributed by atoms with Crippen LogP contribution in [0.2, 0.25) is 0 Å². The molecule has 2 aliphatic heterocycles. The Morgan fingerprint density at radius 3 is 0.900 bits per heavy atom. The van der Waals surface area contributed by atoms with Crippen LogP contribution in [0, 0.1) is 0 Å². The lowest BCUT2D eigenvalue weighted by atomic mass is 9.25. The second kappa shape index (κ2) is 16.0. The SMILES string of the molecule is C[O+]1CCC(c2ccc3cc(C4=C(c5ccccc5)[B-](c5ccccc5)(c5ccccc5)[O+](C)CC4)ccc3c2)=C(c2ccccc2)[B-]1(c1ccccc1)c1ccccc1. The van der Waals surface area contributed by atoms with E-state index in [1.807, 2.05) is 0 Å². The van der Waals surface area contributed by atoms with Gasteiger partial charge >= 0.3 is 12.7 Å². The normalized spacial score (nSPS) is 16.9. The van der Waals surface area contributed by atoms with E-state index in [0.29, 0.717) is 0 Å². The zero-order valence-electron chi connectivity index (χ0n) is 34.6. The fraction of sp³-hybridized carbons (Fsp3) is 0.107. The van der Waals surface area contributed by atoms with Crippen LogP contribution in [0.5, 0.6) is 0 Å². The number of hydrogen-bond acceptors (Lipinski definition) is 0. The Labute approximate surface area is 355 Å². The molecule has 0 atom stereocenters. The second-order valence-corrected chi connectivity index (χ2v) is 16.8. The van der Waals surface area contributed by atoms with Gasteiger partial charge in [-0.25, -0.2) is 0 Å². The van der Waals surface area contributed by atoms with Crippen molar-refractivity contribution in [1.29, 1.82) is 0 Å². The average Bonchev–Trinajstić information content (AvgIpc) is 3.32. The Hall–Kier alpha value is -6.45. The molecule has 0 aromatic heterocycles. The molecule has 60 heavy (non-hydrogen) atoms. The smallest absolute Gasteiger partial charge is 0.377 e. The van der Waals surface area contributed by atoms with E-state index < -0.39 is 12.7 Å². The van der Waals surface area contributed by atoms with Gasteiger partial charge in [0.25, 0.3) is 0 Å². The van der Waals surface area contributed by atoms with Gasteiger partial charge < -0.3 is 8.57 Å². The van der Waals surface area contributed by atoms with Gasteiger partial charge in [0.05, 0.1) is 14.2 Å². The van der Waals surface area contributed by atoms with Gasteiger partial charge in [0.15, 0.2) is 0 Å². The van der Waals surface area contributed by atoms with E-state index in [4.69, 9.17) is 0 Å². The average molecular weight is 777 g/mol. The lowest BCUT2D eigenvalue weighted by Crippen LogP contribution is -2.68. The summed E-state index contributed by atoms with van der Waals surface area (Å²) < 4.78 is 7.44. The van der Waals surface area contributed by atoms with Crippen molar-refractivity contribution in [2.45, 2.75) is 12.8 Å². The van der Waals surface area contributed by atoms with Crippen LogP contribution in [0.1, 0.15) is 35.1 Å². The summed E-state index contributed by atoms with van der Waals surface area (Å²) in [6.07, 6.45) is -1.23. The molecule has 8 aromatic rings. The molecule has 8 aromatic carbocycles. The van der Waals surface area contributed by atoms with Crippen LogP contribution in [0.25, 0.3) is 32.9 Å². The standard InChI is InChI=1S/C56H50B2O2/c1-59-39-37-53(55(43-21-9-3-10-22-43)57(59,49-25-13-5-14-26-49)50-27-15-6-16-28-50)47-35-33-46-42-48(36-34-45(46)41-47)54-38-40-60(2)58(51-29-17-7-18-30-51,52-31-19-8-20-32-52)56(54)44-23-11-4-12-24-44/h3-36,41-42H,37-40H2,1-2H3. The van der Waals surface area contributed by atoms with Crippen LogP contribution in [0.3, 0.4) is 0 Å². The summed E-state index contributed by atoms with van der Waals surface area (Å²) in [6, 6.07) is 81.1. The molecule has 2 aliphatic rings. The molecule has 0 fully saturated rings. The van der Waals surface area contributed by atoms with E-state index >= 15 is 0 Å². The topological polar surface area (TPSA) is 5.40 Å². The highest BCUT2D eigenvalue weighted by atomic mass is 16.6. The molecule has 2 heterocycles. The minimum absolute atomic E-state index is 0.877. The largest absolute Gasteiger partial charge is 0.662 e. The van der Waals surface area contributed by atoms with E-state index in [-0.39, 0.29) is 0 Å². The second-order valence-electron chi connectivity index (χ2n) is 16.8. The van der Waals surface area contributed by atoms with Crippen LogP contribution in [-0.4, -0.2) is 40.1 Å². The molecule has 0 radical (unpaired) electrons. The molecule has 292 valence electrons. The van der Waals surface area contributed by atoms with E-state index in [0.717, 1.165) is 26.1 Å². The highest BCUT2D eigenvalue weighted by Crippen LogP contribution is 2.45. The van der Waals surface area contributed by atoms with Crippen molar-refractivity contribution in [3.8, 4) is 0 Å². The van der Waals surface area contributed by atoms with Crippen molar-refractivity contribution in [3.63, 3.8) is 0 Å². The Bertz CT molecular complexity index is 2550. The van der Waals surface area contributed by atoms with Crippen molar-refractivity contribution in [3.05, 3.63) is 241 Å². The van der Waals surface area contributed by atoms with E-state index in [1.165, 1.54) is 77.0 Å². The molecule has 4 heteroatoms. The molecule has 0 N–H and O–H groups in total. The third kappa shape index (κ3) is 6.22. The summed E-state index contributed by atoms with van der Waals surface area (Å²) in [5, 5.41) is 2.51.